The molecular weight excluding hydrogens is 380 g/mol. The molecule has 0 saturated heterocycles. The lowest BCUT2D eigenvalue weighted by Gasteiger charge is -2.12. The fourth-order valence-corrected chi connectivity index (χ4v) is 3.61. The molecule has 0 spiro atoms. The highest BCUT2D eigenvalue weighted by atomic mass is 35.5. The molecule has 3 aromatic rings. The van der Waals surface area contributed by atoms with Gasteiger partial charge in [-0.05, 0) is 43.2 Å². The molecule has 0 aliphatic heterocycles. The lowest BCUT2D eigenvalue weighted by molar-refractivity contribution is -0.115. The minimum absolute atomic E-state index is 0.0773. The SMILES string of the molecule is CCc1ccc(NC(=O)[C@H](C)Sc2nnc(-c3ccccc3Cl)n2C)cc1. The molecule has 1 aromatic heterocycles. The summed E-state index contributed by atoms with van der Waals surface area (Å²) in [6.45, 7) is 3.95. The molecule has 7 heteroatoms. The zero-order chi connectivity index (χ0) is 19.4. The van der Waals surface area contributed by atoms with Crippen LogP contribution in [0.5, 0.6) is 0 Å². The number of hydrogen-bond donors (Lipinski definition) is 1. The molecule has 0 bridgehead atoms. The summed E-state index contributed by atoms with van der Waals surface area (Å²) in [6, 6.07) is 15.4. The first-order chi connectivity index (χ1) is 13.0. The topological polar surface area (TPSA) is 59.8 Å². The van der Waals surface area contributed by atoms with Crippen LogP contribution < -0.4 is 5.32 Å². The minimum Gasteiger partial charge on any atom is -0.325 e. The van der Waals surface area contributed by atoms with Crippen molar-refractivity contribution in [3.05, 3.63) is 59.1 Å². The predicted molar refractivity (Wildman–Crippen MR) is 111 cm³/mol. The summed E-state index contributed by atoms with van der Waals surface area (Å²) < 4.78 is 1.85. The smallest absolute Gasteiger partial charge is 0.237 e. The van der Waals surface area contributed by atoms with Crippen molar-refractivity contribution in [1.82, 2.24) is 14.8 Å². The van der Waals surface area contributed by atoms with E-state index in [-0.39, 0.29) is 11.2 Å². The van der Waals surface area contributed by atoms with Crippen molar-refractivity contribution in [2.24, 2.45) is 7.05 Å². The van der Waals surface area contributed by atoms with Gasteiger partial charge < -0.3 is 9.88 Å². The molecule has 0 aliphatic rings. The standard InChI is InChI=1S/C20H21ClN4OS/c1-4-14-9-11-15(12-10-14)22-19(26)13(2)27-20-24-23-18(25(20)3)16-7-5-6-8-17(16)21/h5-13H,4H2,1-3H3,(H,22,26)/t13-/m0/s1. The van der Waals surface area contributed by atoms with Gasteiger partial charge in [0.25, 0.3) is 0 Å². The van der Waals surface area contributed by atoms with E-state index in [4.69, 9.17) is 11.6 Å². The lowest BCUT2D eigenvalue weighted by Crippen LogP contribution is -2.22. The van der Waals surface area contributed by atoms with Gasteiger partial charge in [0.05, 0.1) is 10.3 Å². The van der Waals surface area contributed by atoms with E-state index in [1.807, 2.05) is 67.1 Å². The van der Waals surface area contributed by atoms with E-state index in [9.17, 15) is 4.79 Å². The van der Waals surface area contributed by atoms with Crippen LogP contribution >= 0.6 is 23.4 Å². The van der Waals surface area contributed by atoms with E-state index in [2.05, 4.69) is 22.4 Å². The van der Waals surface area contributed by atoms with Gasteiger partial charge in [0.2, 0.25) is 5.91 Å². The number of aryl methyl sites for hydroxylation is 1. The fourth-order valence-electron chi connectivity index (χ4n) is 2.57. The Morgan fingerprint density at radius 1 is 1.19 bits per heavy atom. The molecule has 1 amide bonds. The molecule has 140 valence electrons. The molecule has 3 rings (SSSR count). The number of halogens is 1. The number of hydrogen-bond acceptors (Lipinski definition) is 4. The van der Waals surface area contributed by atoms with Gasteiger partial charge in [0, 0.05) is 18.3 Å². The Morgan fingerprint density at radius 2 is 1.89 bits per heavy atom. The Hall–Kier alpha value is -2.31. The molecular formula is C20H21ClN4OS. The van der Waals surface area contributed by atoms with Crippen molar-refractivity contribution >= 4 is 35.0 Å². The van der Waals surface area contributed by atoms with Crippen molar-refractivity contribution in [2.75, 3.05) is 5.32 Å². The molecule has 0 fully saturated rings. The predicted octanol–water partition coefficient (Wildman–Crippen LogP) is 4.82. The Morgan fingerprint density at radius 3 is 2.56 bits per heavy atom. The number of carbonyl (C=O) groups excluding carboxylic acids is 1. The van der Waals surface area contributed by atoms with Crippen molar-refractivity contribution < 1.29 is 4.79 Å². The number of carbonyl (C=O) groups is 1. The molecule has 1 atom stereocenters. The number of nitrogens with zero attached hydrogens (tertiary/aromatic N) is 3. The summed E-state index contributed by atoms with van der Waals surface area (Å²) in [5, 5.41) is 12.4. The van der Waals surface area contributed by atoms with Crippen LogP contribution in [-0.4, -0.2) is 25.9 Å². The highest BCUT2D eigenvalue weighted by molar-refractivity contribution is 8.00. The maximum Gasteiger partial charge on any atom is 0.237 e. The second-order valence-electron chi connectivity index (χ2n) is 6.14. The molecule has 5 nitrogen and oxygen atoms in total. The van der Waals surface area contributed by atoms with Gasteiger partial charge in [-0.3, -0.25) is 4.79 Å². The third kappa shape index (κ3) is 4.51. The molecule has 27 heavy (non-hydrogen) atoms. The van der Waals surface area contributed by atoms with Crippen molar-refractivity contribution in [2.45, 2.75) is 30.7 Å². The lowest BCUT2D eigenvalue weighted by atomic mass is 10.1. The van der Waals surface area contributed by atoms with E-state index in [0.29, 0.717) is 16.0 Å². The third-order valence-electron chi connectivity index (χ3n) is 4.23. The summed E-state index contributed by atoms with van der Waals surface area (Å²) >= 11 is 7.62. The molecule has 0 unspecified atom stereocenters. The van der Waals surface area contributed by atoms with E-state index in [1.54, 1.807) is 0 Å². The molecule has 1 heterocycles. The number of thioether (sulfide) groups is 1. The van der Waals surface area contributed by atoms with Crippen LogP contribution in [0, 0.1) is 0 Å². The van der Waals surface area contributed by atoms with E-state index in [1.165, 1.54) is 17.3 Å². The van der Waals surface area contributed by atoms with E-state index in [0.717, 1.165) is 17.7 Å². The number of rotatable bonds is 6. The van der Waals surface area contributed by atoms with Gasteiger partial charge in [-0.2, -0.15) is 0 Å². The van der Waals surface area contributed by atoms with Crippen molar-refractivity contribution in [1.29, 1.82) is 0 Å². The Labute approximate surface area is 168 Å². The Bertz CT molecular complexity index is 939. The largest absolute Gasteiger partial charge is 0.325 e. The average molecular weight is 401 g/mol. The molecule has 0 saturated carbocycles. The zero-order valence-corrected chi connectivity index (χ0v) is 17.0. The number of amides is 1. The summed E-state index contributed by atoms with van der Waals surface area (Å²) in [4.78, 5) is 12.5. The third-order valence-corrected chi connectivity index (χ3v) is 5.69. The number of aromatic nitrogens is 3. The average Bonchev–Trinajstić information content (AvgIpc) is 3.03. The first-order valence-electron chi connectivity index (χ1n) is 8.70. The summed E-state index contributed by atoms with van der Waals surface area (Å²) in [7, 11) is 1.87. The van der Waals surface area contributed by atoms with E-state index >= 15 is 0 Å². The molecule has 0 aliphatic carbocycles. The second kappa shape index (κ2) is 8.59. The number of benzene rings is 2. The van der Waals surface area contributed by atoms with Crippen LogP contribution in [-0.2, 0) is 18.3 Å². The quantitative estimate of drug-likeness (QED) is 0.603. The van der Waals surface area contributed by atoms with Gasteiger partial charge in [-0.25, -0.2) is 0 Å². The fraction of sp³-hybridized carbons (Fsp3) is 0.250. The second-order valence-corrected chi connectivity index (χ2v) is 7.86. The Kier molecular flexibility index (Phi) is 6.19. The molecule has 0 radical (unpaired) electrons. The van der Waals surface area contributed by atoms with Gasteiger partial charge in [-0.15, -0.1) is 10.2 Å². The Balaban J connectivity index is 1.69. The van der Waals surface area contributed by atoms with Gasteiger partial charge >= 0.3 is 0 Å². The van der Waals surface area contributed by atoms with Crippen LogP contribution in [0.4, 0.5) is 5.69 Å². The monoisotopic (exact) mass is 400 g/mol. The van der Waals surface area contributed by atoms with Crippen LogP contribution in [0.25, 0.3) is 11.4 Å². The normalized spacial score (nSPS) is 12.0. The first kappa shape index (κ1) is 19.5. The van der Waals surface area contributed by atoms with E-state index < -0.39 is 0 Å². The zero-order valence-electron chi connectivity index (χ0n) is 15.4. The maximum atomic E-state index is 12.5. The van der Waals surface area contributed by atoms with Crippen molar-refractivity contribution in [3.63, 3.8) is 0 Å². The minimum atomic E-state index is -0.321. The van der Waals surface area contributed by atoms with Gasteiger partial charge in [0.1, 0.15) is 0 Å². The molecule has 1 N–H and O–H groups in total. The first-order valence-corrected chi connectivity index (χ1v) is 9.96. The van der Waals surface area contributed by atoms with Gasteiger partial charge in [-0.1, -0.05) is 54.6 Å². The number of anilines is 1. The highest BCUT2D eigenvalue weighted by Crippen LogP contribution is 2.30. The highest BCUT2D eigenvalue weighted by Gasteiger charge is 2.20. The van der Waals surface area contributed by atoms with Crippen LogP contribution in [0.3, 0.4) is 0 Å². The summed E-state index contributed by atoms with van der Waals surface area (Å²) in [6.07, 6.45) is 0.973. The summed E-state index contributed by atoms with van der Waals surface area (Å²) in [5.41, 5.74) is 2.84. The van der Waals surface area contributed by atoms with Gasteiger partial charge in [0.15, 0.2) is 11.0 Å². The van der Waals surface area contributed by atoms with Crippen LogP contribution in [0.2, 0.25) is 5.02 Å². The summed E-state index contributed by atoms with van der Waals surface area (Å²) in [5.74, 6) is 0.595. The van der Waals surface area contributed by atoms with Crippen molar-refractivity contribution in [3.8, 4) is 11.4 Å². The van der Waals surface area contributed by atoms with Crippen LogP contribution in [0.1, 0.15) is 19.4 Å². The molecule has 2 aromatic carbocycles. The number of nitrogens with one attached hydrogen (secondary N) is 1. The maximum absolute atomic E-state index is 12.5. The van der Waals surface area contributed by atoms with Crippen LogP contribution in [0.15, 0.2) is 53.7 Å².